The molecule has 2 N–H and O–H groups in total. The predicted molar refractivity (Wildman–Crippen MR) is 141 cm³/mol. The van der Waals surface area contributed by atoms with E-state index >= 15 is 0 Å². The number of hydrogen-bond donors (Lipinski definition) is 1. The number of rotatable bonds is 7. The number of amides is 1. The molecule has 1 atom stereocenters. The maximum absolute atomic E-state index is 13.5. The third-order valence-corrected chi connectivity index (χ3v) is 6.54. The van der Waals surface area contributed by atoms with Crippen molar-refractivity contribution in [3.8, 4) is 0 Å². The molecule has 190 valence electrons. The number of ether oxygens (including phenoxy) is 1. The summed E-state index contributed by atoms with van der Waals surface area (Å²) in [4.78, 5) is 17.1. The zero-order valence-electron chi connectivity index (χ0n) is 21.4. The van der Waals surface area contributed by atoms with Gasteiger partial charge in [-0.15, -0.1) is 0 Å². The van der Waals surface area contributed by atoms with E-state index in [1.54, 1.807) is 17.0 Å². The van der Waals surface area contributed by atoms with Gasteiger partial charge in [0.05, 0.1) is 5.66 Å². The Labute approximate surface area is 213 Å². The van der Waals surface area contributed by atoms with Crippen LogP contribution in [0.3, 0.4) is 0 Å². The van der Waals surface area contributed by atoms with Gasteiger partial charge >= 0.3 is 6.09 Å². The molecule has 0 spiro atoms. The van der Waals surface area contributed by atoms with Crippen molar-refractivity contribution >= 4 is 6.09 Å². The van der Waals surface area contributed by atoms with Gasteiger partial charge in [-0.3, -0.25) is 4.90 Å². The summed E-state index contributed by atoms with van der Waals surface area (Å²) < 4.78 is 19.3. The monoisotopic (exact) mass is 489 g/mol. The Morgan fingerprint density at radius 3 is 2.28 bits per heavy atom. The minimum atomic E-state index is -0.668. The number of carbonyl (C=O) groups is 1. The predicted octanol–water partition coefficient (Wildman–Crippen LogP) is 5.52. The van der Waals surface area contributed by atoms with Crippen LogP contribution in [0.1, 0.15) is 43.0 Å². The molecule has 1 unspecified atom stereocenters. The maximum atomic E-state index is 13.5. The highest BCUT2D eigenvalue weighted by atomic mass is 19.1. The van der Waals surface area contributed by atoms with Crippen molar-refractivity contribution in [1.82, 2.24) is 9.80 Å². The highest BCUT2D eigenvalue weighted by Gasteiger charge is 2.38. The first kappa shape index (κ1) is 25.9. The van der Waals surface area contributed by atoms with Crippen molar-refractivity contribution in [2.24, 2.45) is 5.73 Å². The van der Waals surface area contributed by atoms with Crippen molar-refractivity contribution in [3.05, 3.63) is 107 Å². The van der Waals surface area contributed by atoms with Gasteiger partial charge in [0.25, 0.3) is 0 Å². The summed E-state index contributed by atoms with van der Waals surface area (Å²) in [6.45, 7) is 7.81. The second kappa shape index (κ2) is 10.8. The van der Waals surface area contributed by atoms with Crippen LogP contribution in [0.15, 0.2) is 78.9 Å². The smallest absolute Gasteiger partial charge is 0.410 e. The van der Waals surface area contributed by atoms with Crippen LogP contribution in [0.2, 0.25) is 0 Å². The molecule has 0 saturated heterocycles. The van der Waals surface area contributed by atoms with E-state index in [-0.39, 0.29) is 11.9 Å². The molecule has 0 bridgehead atoms. The van der Waals surface area contributed by atoms with Gasteiger partial charge in [0.15, 0.2) is 0 Å². The van der Waals surface area contributed by atoms with Crippen LogP contribution in [0, 0.1) is 5.82 Å². The number of benzene rings is 3. The molecule has 1 heterocycles. The van der Waals surface area contributed by atoms with Crippen LogP contribution >= 0.6 is 0 Å². The van der Waals surface area contributed by atoms with E-state index in [2.05, 4.69) is 17.0 Å². The van der Waals surface area contributed by atoms with Crippen molar-refractivity contribution in [1.29, 1.82) is 0 Å². The fraction of sp³-hybridized carbons (Fsp3) is 0.367. The lowest BCUT2D eigenvalue weighted by Crippen LogP contribution is -2.62. The average molecular weight is 490 g/mol. The number of nitrogens with zero attached hydrogens (tertiary/aromatic N) is 2. The van der Waals surface area contributed by atoms with Gasteiger partial charge in [0.2, 0.25) is 0 Å². The first-order chi connectivity index (χ1) is 17.1. The lowest BCUT2D eigenvalue weighted by atomic mass is 9.85. The lowest BCUT2D eigenvalue weighted by molar-refractivity contribution is 0.0135. The molecular formula is C30H36FN3O2. The van der Waals surface area contributed by atoms with Gasteiger partial charge < -0.3 is 15.4 Å². The second-order valence-electron chi connectivity index (χ2n) is 10.7. The van der Waals surface area contributed by atoms with Crippen molar-refractivity contribution < 1.29 is 13.9 Å². The van der Waals surface area contributed by atoms with E-state index in [0.717, 1.165) is 11.1 Å². The van der Waals surface area contributed by atoms with Crippen molar-refractivity contribution in [2.75, 3.05) is 13.1 Å². The SMILES string of the molecule is CC(C)(C)OC(=O)N(CCN1Cc2ccccc2CC1(N)Cc1ccc(F)cc1)Cc1ccccc1. The van der Waals surface area contributed by atoms with Crippen LogP contribution in [0.5, 0.6) is 0 Å². The first-order valence-electron chi connectivity index (χ1n) is 12.5. The first-order valence-corrected chi connectivity index (χ1v) is 12.5. The summed E-state index contributed by atoms with van der Waals surface area (Å²) in [7, 11) is 0. The molecule has 1 aliphatic rings. The van der Waals surface area contributed by atoms with E-state index in [4.69, 9.17) is 10.5 Å². The van der Waals surface area contributed by atoms with Crippen molar-refractivity contribution in [2.45, 2.75) is 58.0 Å². The van der Waals surface area contributed by atoms with Gasteiger partial charge in [0, 0.05) is 39.0 Å². The Kier molecular flexibility index (Phi) is 7.76. The Morgan fingerprint density at radius 2 is 1.61 bits per heavy atom. The lowest BCUT2D eigenvalue weighted by Gasteiger charge is -2.46. The summed E-state index contributed by atoms with van der Waals surface area (Å²) in [5.41, 5.74) is 10.3. The molecule has 36 heavy (non-hydrogen) atoms. The second-order valence-corrected chi connectivity index (χ2v) is 10.7. The van der Waals surface area contributed by atoms with Crippen LogP contribution in [-0.2, 0) is 30.7 Å². The molecule has 4 rings (SSSR count). The summed E-state index contributed by atoms with van der Waals surface area (Å²) >= 11 is 0. The zero-order chi connectivity index (χ0) is 25.8. The molecule has 6 heteroatoms. The molecule has 5 nitrogen and oxygen atoms in total. The minimum Gasteiger partial charge on any atom is -0.444 e. The van der Waals surface area contributed by atoms with E-state index in [1.165, 1.54) is 23.3 Å². The van der Waals surface area contributed by atoms with E-state index < -0.39 is 11.3 Å². The Bertz CT molecular complexity index is 1160. The molecule has 0 saturated carbocycles. The van der Waals surface area contributed by atoms with Gasteiger partial charge in [-0.2, -0.15) is 0 Å². The summed E-state index contributed by atoms with van der Waals surface area (Å²) in [5, 5.41) is 0. The standard InChI is InChI=1S/C30H36FN3O2/c1-29(2,3)36-28(35)33(21-24-9-5-4-6-10-24)17-18-34-22-26-12-8-7-11-25(26)20-30(34,32)19-23-13-15-27(31)16-14-23/h4-16H,17-22,32H2,1-3H3. The molecule has 0 aromatic heterocycles. The molecule has 3 aromatic rings. The fourth-order valence-corrected chi connectivity index (χ4v) is 4.73. The Morgan fingerprint density at radius 1 is 0.972 bits per heavy atom. The average Bonchev–Trinajstić information content (AvgIpc) is 2.82. The van der Waals surface area contributed by atoms with Gasteiger partial charge in [-0.05, 0) is 55.2 Å². The van der Waals surface area contributed by atoms with Gasteiger partial charge in [-0.25, -0.2) is 9.18 Å². The number of hydrogen-bond acceptors (Lipinski definition) is 4. The topological polar surface area (TPSA) is 58.8 Å². The molecular weight excluding hydrogens is 453 g/mol. The van der Waals surface area contributed by atoms with Crippen molar-refractivity contribution in [3.63, 3.8) is 0 Å². The van der Waals surface area contributed by atoms with E-state index in [1.807, 2.05) is 63.2 Å². The van der Waals surface area contributed by atoms with Crippen LogP contribution in [0.4, 0.5) is 9.18 Å². The normalized spacial score (nSPS) is 17.9. The van der Waals surface area contributed by atoms with Gasteiger partial charge in [0.1, 0.15) is 11.4 Å². The quantitative estimate of drug-likeness (QED) is 0.475. The number of fused-ring (bicyclic) bond motifs is 1. The van der Waals surface area contributed by atoms with Crippen LogP contribution in [0.25, 0.3) is 0 Å². The number of halogens is 1. The third-order valence-electron chi connectivity index (χ3n) is 6.54. The van der Waals surface area contributed by atoms with Crippen LogP contribution < -0.4 is 5.73 Å². The number of carbonyl (C=O) groups excluding carboxylic acids is 1. The van der Waals surface area contributed by atoms with Crippen LogP contribution in [-0.4, -0.2) is 40.2 Å². The van der Waals surface area contributed by atoms with E-state index in [0.29, 0.717) is 39.0 Å². The summed E-state index contributed by atoms with van der Waals surface area (Å²) in [6.07, 6.45) is 0.906. The summed E-state index contributed by atoms with van der Waals surface area (Å²) in [5.74, 6) is -0.260. The molecule has 1 aliphatic heterocycles. The van der Waals surface area contributed by atoms with E-state index in [9.17, 15) is 9.18 Å². The molecule has 0 fully saturated rings. The van der Waals surface area contributed by atoms with Gasteiger partial charge in [-0.1, -0.05) is 66.7 Å². The fourth-order valence-electron chi connectivity index (χ4n) is 4.73. The largest absolute Gasteiger partial charge is 0.444 e. The zero-order valence-corrected chi connectivity index (χ0v) is 21.4. The maximum Gasteiger partial charge on any atom is 0.410 e. The Balaban J connectivity index is 1.57. The minimum absolute atomic E-state index is 0.260. The number of nitrogens with two attached hydrogens (primary N) is 1. The highest BCUT2D eigenvalue weighted by molar-refractivity contribution is 5.68. The Hall–Kier alpha value is -3.22. The summed E-state index contributed by atoms with van der Waals surface area (Å²) in [6, 6.07) is 24.8. The molecule has 1 amide bonds. The highest BCUT2D eigenvalue weighted by Crippen LogP contribution is 2.30. The molecule has 0 aliphatic carbocycles. The third kappa shape index (κ3) is 6.71. The molecule has 3 aromatic carbocycles. The molecule has 0 radical (unpaired) electrons.